The van der Waals surface area contributed by atoms with E-state index in [1.165, 1.54) is 4.68 Å². The summed E-state index contributed by atoms with van der Waals surface area (Å²) in [5.74, 6) is -0.0822. The lowest BCUT2D eigenvalue weighted by Crippen LogP contribution is -2.31. The predicted molar refractivity (Wildman–Crippen MR) is 116 cm³/mol. The van der Waals surface area contributed by atoms with Gasteiger partial charge in [-0.05, 0) is 44.4 Å². The van der Waals surface area contributed by atoms with Crippen LogP contribution in [0.15, 0.2) is 58.8 Å². The molecule has 3 heterocycles. The number of carbonyl (C=O) groups excluding carboxylic acids is 1. The summed E-state index contributed by atoms with van der Waals surface area (Å²) in [5, 5.41) is 10.7. The van der Waals surface area contributed by atoms with Gasteiger partial charge in [0.05, 0.1) is 23.8 Å². The zero-order valence-electron chi connectivity index (χ0n) is 16.5. The summed E-state index contributed by atoms with van der Waals surface area (Å²) in [7, 11) is 0. The highest BCUT2D eigenvalue weighted by Gasteiger charge is 2.23. The molecule has 0 saturated heterocycles. The van der Waals surface area contributed by atoms with Crippen LogP contribution < -0.4 is 10.9 Å². The fraction of sp³-hybridized carbons (Fsp3) is 0.227. The van der Waals surface area contributed by atoms with Gasteiger partial charge in [0.2, 0.25) is 5.91 Å². The lowest BCUT2D eigenvalue weighted by molar-refractivity contribution is -0.124. The second-order valence-electron chi connectivity index (χ2n) is 7.00. The number of thiophene rings is 1. The molecule has 0 spiro atoms. The van der Waals surface area contributed by atoms with E-state index in [2.05, 4.69) is 10.4 Å². The fourth-order valence-electron chi connectivity index (χ4n) is 3.77. The van der Waals surface area contributed by atoms with Gasteiger partial charge >= 0.3 is 0 Å². The van der Waals surface area contributed by atoms with Crippen molar-refractivity contribution in [2.75, 3.05) is 0 Å². The molecule has 4 rings (SSSR count). The molecule has 7 heteroatoms. The Morgan fingerprint density at radius 2 is 1.90 bits per heavy atom. The SMILES string of the molecule is Cc1c2cnn(-c3ccccc3)c(=O)c2c(C)n1C(C)C(=O)NCc1cccs1. The zero-order chi connectivity index (χ0) is 20.5. The van der Waals surface area contributed by atoms with E-state index >= 15 is 0 Å². The van der Waals surface area contributed by atoms with Gasteiger partial charge in [0.1, 0.15) is 6.04 Å². The predicted octanol–water partition coefficient (Wildman–Crippen LogP) is 3.74. The number of benzene rings is 1. The van der Waals surface area contributed by atoms with E-state index in [0.717, 1.165) is 21.7 Å². The molecule has 0 aliphatic rings. The van der Waals surface area contributed by atoms with E-state index in [4.69, 9.17) is 0 Å². The van der Waals surface area contributed by atoms with Crippen molar-refractivity contribution in [1.82, 2.24) is 19.7 Å². The number of nitrogens with one attached hydrogen (secondary N) is 1. The molecule has 3 aromatic heterocycles. The van der Waals surface area contributed by atoms with Gasteiger partial charge < -0.3 is 9.88 Å². The number of nitrogens with zero attached hydrogens (tertiary/aromatic N) is 3. The number of hydrogen-bond donors (Lipinski definition) is 1. The van der Waals surface area contributed by atoms with Crippen LogP contribution in [0.4, 0.5) is 0 Å². The lowest BCUT2D eigenvalue weighted by Gasteiger charge is -2.18. The van der Waals surface area contributed by atoms with Crippen LogP contribution in [0.25, 0.3) is 16.5 Å². The van der Waals surface area contributed by atoms with Crippen LogP contribution in [0, 0.1) is 13.8 Å². The minimum atomic E-state index is -0.438. The Hall–Kier alpha value is -3.19. The maximum atomic E-state index is 13.2. The van der Waals surface area contributed by atoms with Crippen LogP contribution in [0.1, 0.15) is 29.2 Å². The minimum absolute atomic E-state index is 0.0822. The van der Waals surface area contributed by atoms with Crippen LogP contribution in [0.3, 0.4) is 0 Å². The molecule has 0 fully saturated rings. The third-order valence-electron chi connectivity index (χ3n) is 5.24. The van der Waals surface area contributed by atoms with Crippen molar-refractivity contribution >= 4 is 28.0 Å². The smallest absolute Gasteiger partial charge is 0.281 e. The molecule has 1 aromatic carbocycles. The van der Waals surface area contributed by atoms with Gasteiger partial charge in [-0.3, -0.25) is 9.59 Å². The average molecular weight is 407 g/mol. The van der Waals surface area contributed by atoms with Crippen molar-refractivity contribution < 1.29 is 4.79 Å². The fourth-order valence-corrected chi connectivity index (χ4v) is 4.41. The normalized spacial score (nSPS) is 12.2. The number of amides is 1. The molecule has 0 aliphatic heterocycles. The first kappa shape index (κ1) is 19.1. The Bertz CT molecular complexity index is 1220. The largest absolute Gasteiger partial charge is 0.349 e. The van der Waals surface area contributed by atoms with E-state index in [-0.39, 0.29) is 11.5 Å². The topological polar surface area (TPSA) is 68.9 Å². The van der Waals surface area contributed by atoms with Gasteiger partial charge in [0.25, 0.3) is 5.56 Å². The van der Waals surface area contributed by atoms with Crippen LogP contribution in [-0.4, -0.2) is 20.3 Å². The highest BCUT2D eigenvalue weighted by molar-refractivity contribution is 7.09. The summed E-state index contributed by atoms with van der Waals surface area (Å²) < 4.78 is 3.33. The van der Waals surface area contributed by atoms with E-state index in [0.29, 0.717) is 17.6 Å². The highest BCUT2D eigenvalue weighted by Crippen LogP contribution is 2.26. The van der Waals surface area contributed by atoms with Crippen molar-refractivity contribution in [3.05, 3.63) is 80.7 Å². The molecule has 0 aliphatic carbocycles. The number of fused-ring (bicyclic) bond motifs is 1. The molecular weight excluding hydrogens is 384 g/mol. The van der Waals surface area contributed by atoms with Crippen LogP contribution in [0.5, 0.6) is 0 Å². The summed E-state index contributed by atoms with van der Waals surface area (Å²) in [6.07, 6.45) is 1.71. The van der Waals surface area contributed by atoms with Gasteiger partial charge in [-0.2, -0.15) is 9.78 Å². The number of aryl methyl sites for hydroxylation is 2. The number of carbonyl (C=O) groups is 1. The van der Waals surface area contributed by atoms with Gasteiger partial charge in [-0.1, -0.05) is 24.3 Å². The molecule has 1 atom stereocenters. The third kappa shape index (κ3) is 3.38. The molecular formula is C22H22N4O2S. The van der Waals surface area contributed by atoms with Crippen molar-refractivity contribution in [1.29, 1.82) is 0 Å². The lowest BCUT2D eigenvalue weighted by atomic mass is 10.2. The van der Waals surface area contributed by atoms with Gasteiger partial charge in [0.15, 0.2) is 0 Å². The Labute approximate surface area is 172 Å². The molecule has 1 N–H and O–H groups in total. The van der Waals surface area contributed by atoms with Gasteiger partial charge in [-0.25, -0.2) is 0 Å². The maximum absolute atomic E-state index is 13.2. The van der Waals surface area contributed by atoms with Crippen LogP contribution in [-0.2, 0) is 11.3 Å². The summed E-state index contributed by atoms with van der Waals surface area (Å²) in [6.45, 7) is 6.16. The molecule has 0 radical (unpaired) electrons. The Kier molecular flexibility index (Phi) is 5.07. The van der Waals surface area contributed by atoms with Crippen molar-refractivity contribution in [2.45, 2.75) is 33.4 Å². The molecule has 148 valence electrons. The average Bonchev–Trinajstić information content (AvgIpc) is 3.33. The number of rotatable bonds is 5. The monoisotopic (exact) mass is 406 g/mol. The first-order valence-corrected chi connectivity index (χ1v) is 10.3. The van der Waals surface area contributed by atoms with Crippen LogP contribution in [0.2, 0.25) is 0 Å². The highest BCUT2D eigenvalue weighted by atomic mass is 32.1. The number of hydrogen-bond acceptors (Lipinski definition) is 4. The number of aromatic nitrogens is 3. The van der Waals surface area contributed by atoms with Gasteiger partial charge in [-0.15, -0.1) is 11.3 Å². The second kappa shape index (κ2) is 7.67. The zero-order valence-corrected chi connectivity index (χ0v) is 17.4. The van der Waals surface area contributed by atoms with E-state index < -0.39 is 6.04 Å². The first-order chi connectivity index (χ1) is 14.0. The van der Waals surface area contributed by atoms with Crippen molar-refractivity contribution in [3.63, 3.8) is 0 Å². The van der Waals surface area contributed by atoms with Crippen molar-refractivity contribution in [3.8, 4) is 5.69 Å². The second-order valence-corrected chi connectivity index (χ2v) is 8.03. The van der Waals surface area contributed by atoms with Gasteiger partial charge in [0, 0.05) is 21.7 Å². The molecule has 6 nitrogen and oxygen atoms in total. The molecule has 1 amide bonds. The summed E-state index contributed by atoms with van der Waals surface area (Å²) in [4.78, 5) is 27.0. The van der Waals surface area contributed by atoms with E-state index in [1.54, 1.807) is 17.5 Å². The molecule has 4 aromatic rings. The summed E-state index contributed by atoms with van der Waals surface area (Å²) >= 11 is 1.61. The Morgan fingerprint density at radius 1 is 1.14 bits per heavy atom. The molecule has 0 saturated carbocycles. The Morgan fingerprint density at radius 3 is 2.59 bits per heavy atom. The first-order valence-electron chi connectivity index (χ1n) is 9.44. The summed E-state index contributed by atoms with van der Waals surface area (Å²) in [6, 6.07) is 12.9. The quantitative estimate of drug-likeness (QED) is 0.549. The Balaban J connectivity index is 1.72. The standard InChI is InChI=1S/C22H22N4O2S/c1-14-19-13-24-26(17-8-5-4-6-9-17)22(28)20(19)15(2)25(14)16(3)21(27)23-12-18-10-7-11-29-18/h4-11,13,16H,12H2,1-3H3,(H,23,27). The molecule has 0 bridgehead atoms. The van der Waals surface area contributed by atoms with Crippen molar-refractivity contribution in [2.24, 2.45) is 0 Å². The van der Waals surface area contributed by atoms with E-state index in [9.17, 15) is 9.59 Å². The van der Waals surface area contributed by atoms with E-state index in [1.807, 2.05) is 73.2 Å². The van der Waals surface area contributed by atoms with Crippen LogP contribution >= 0.6 is 11.3 Å². The summed E-state index contributed by atoms with van der Waals surface area (Å²) in [5.41, 5.74) is 2.17. The molecule has 1 unspecified atom stereocenters. The number of para-hydroxylation sites is 1. The minimum Gasteiger partial charge on any atom is -0.349 e. The third-order valence-corrected chi connectivity index (χ3v) is 6.11. The molecule has 29 heavy (non-hydrogen) atoms. The maximum Gasteiger partial charge on any atom is 0.281 e.